The molecule has 0 bridgehead atoms. The second-order valence-corrected chi connectivity index (χ2v) is 7.69. The normalized spacial score (nSPS) is 12.3. The fourth-order valence-corrected chi connectivity index (χ4v) is 3.53. The molecule has 0 aliphatic carbocycles. The van der Waals surface area contributed by atoms with E-state index in [2.05, 4.69) is 25.0 Å². The van der Waals surface area contributed by atoms with Crippen LogP contribution in [0.5, 0.6) is 11.8 Å². The van der Waals surface area contributed by atoms with Gasteiger partial charge in [-0.3, -0.25) is 0 Å². The predicted molar refractivity (Wildman–Crippen MR) is 118 cm³/mol. The summed E-state index contributed by atoms with van der Waals surface area (Å²) in [6, 6.07) is 0. The van der Waals surface area contributed by atoms with Gasteiger partial charge in [-0.15, -0.1) is 5.10 Å². The molecule has 13 heteroatoms. The van der Waals surface area contributed by atoms with E-state index in [1.54, 1.807) is 30.8 Å². The zero-order chi connectivity index (χ0) is 23.0. The number of hydrogen-bond acceptors (Lipinski definition) is 8. The molecule has 0 spiro atoms. The first-order valence-electron chi connectivity index (χ1n) is 9.45. The highest BCUT2D eigenvalue weighted by Gasteiger charge is 2.20. The number of ether oxygens (including phenoxy) is 2. The molecule has 168 valence electrons. The van der Waals surface area contributed by atoms with E-state index in [1.807, 2.05) is 0 Å². The van der Waals surface area contributed by atoms with Crippen LogP contribution in [0, 0.1) is 13.8 Å². The highest BCUT2D eigenvalue weighted by molar-refractivity contribution is 6.35. The van der Waals surface area contributed by atoms with Crippen molar-refractivity contribution in [2.24, 2.45) is 0 Å². The quantitative estimate of drug-likeness (QED) is 0.400. The van der Waals surface area contributed by atoms with Gasteiger partial charge in [0.2, 0.25) is 11.2 Å². The van der Waals surface area contributed by atoms with Gasteiger partial charge >= 0.3 is 0 Å². The number of nitrogens with zero attached hydrogens (tertiary/aromatic N) is 7. The summed E-state index contributed by atoms with van der Waals surface area (Å²) in [6.07, 6.45) is 3.22. The van der Waals surface area contributed by atoms with E-state index in [9.17, 15) is 4.39 Å². The van der Waals surface area contributed by atoms with Gasteiger partial charge in [0.1, 0.15) is 29.5 Å². The molecule has 4 aromatic rings. The van der Waals surface area contributed by atoms with Crippen LogP contribution in [-0.2, 0) is 6.54 Å². The summed E-state index contributed by atoms with van der Waals surface area (Å²) in [5.41, 5.74) is 7.90. The van der Waals surface area contributed by atoms with Gasteiger partial charge in [-0.1, -0.05) is 11.6 Å². The molecule has 0 saturated carbocycles. The molecule has 1 atom stereocenters. The Morgan fingerprint density at radius 1 is 1.16 bits per heavy atom. The van der Waals surface area contributed by atoms with E-state index in [4.69, 9.17) is 38.4 Å². The molecule has 4 aromatic heterocycles. The molecular formula is C19H19Cl2FN8O2. The van der Waals surface area contributed by atoms with E-state index in [0.29, 0.717) is 39.1 Å². The maximum Gasteiger partial charge on any atom is 0.257 e. The van der Waals surface area contributed by atoms with Gasteiger partial charge in [-0.05, 0) is 25.4 Å². The van der Waals surface area contributed by atoms with E-state index >= 15 is 0 Å². The molecule has 0 fully saturated rings. The minimum Gasteiger partial charge on any atom is -0.479 e. The lowest BCUT2D eigenvalue weighted by Crippen LogP contribution is -2.20. The number of nitrogens with two attached hydrogens (primary N) is 1. The largest absolute Gasteiger partial charge is 0.479 e. The standard InChI is InChI=1S/C19H19Cl2FN8O2/c1-9-15(23)18(28-30(9)14-5-24-10(2)26-17(14)31-3)32-8-11(22)6-29-7-13(20)12-4-25-19(21)27-16(12)29/h4-5,7,11H,6,8,23H2,1-3H3/t11-/m1/s1. The van der Waals surface area contributed by atoms with Crippen molar-refractivity contribution in [3.63, 3.8) is 0 Å². The van der Waals surface area contributed by atoms with E-state index in [1.165, 1.54) is 18.0 Å². The average molecular weight is 481 g/mol. The van der Waals surface area contributed by atoms with Crippen molar-refractivity contribution in [3.8, 4) is 17.4 Å². The number of methoxy groups -OCH3 is 1. The van der Waals surface area contributed by atoms with Gasteiger partial charge in [0.15, 0.2) is 6.17 Å². The summed E-state index contributed by atoms with van der Waals surface area (Å²) in [7, 11) is 1.49. The fourth-order valence-electron chi connectivity index (χ4n) is 3.15. The molecule has 0 aromatic carbocycles. The van der Waals surface area contributed by atoms with Crippen LogP contribution < -0.4 is 15.2 Å². The lowest BCUT2D eigenvalue weighted by atomic mass is 10.3. The number of alkyl halides is 1. The molecule has 32 heavy (non-hydrogen) atoms. The summed E-state index contributed by atoms with van der Waals surface area (Å²) in [4.78, 5) is 16.4. The number of hydrogen-bond donors (Lipinski definition) is 1. The smallest absolute Gasteiger partial charge is 0.257 e. The third-order valence-electron chi connectivity index (χ3n) is 4.74. The van der Waals surface area contributed by atoms with Crippen molar-refractivity contribution in [1.82, 2.24) is 34.3 Å². The van der Waals surface area contributed by atoms with Crippen molar-refractivity contribution in [2.75, 3.05) is 19.5 Å². The second kappa shape index (κ2) is 8.75. The molecule has 0 amide bonds. The van der Waals surface area contributed by atoms with Crippen LogP contribution >= 0.6 is 23.2 Å². The number of halogens is 3. The Bertz CT molecular complexity index is 1290. The average Bonchev–Trinajstić information content (AvgIpc) is 3.22. The zero-order valence-corrected chi connectivity index (χ0v) is 18.9. The molecule has 0 saturated heterocycles. The van der Waals surface area contributed by atoms with Gasteiger partial charge in [-0.25, -0.2) is 19.0 Å². The highest BCUT2D eigenvalue weighted by Crippen LogP contribution is 2.30. The molecule has 10 nitrogen and oxygen atoms in total. The fraction of sp³-hybridized carbons (Fsp3) is 0.316. The van der Waals surface area contributed by atoms with Gasteiger partial charge in [-0.2, -0.15) is 9.97 Å². The van der Waals surface area contributed by atoms with Gasteiger partial charge in [0.25, 0.3) is 5.88 Å². The molecule has 4 rings (SSSR count). The first-order valence-corrected chi connectivity index (χ1v) is 10.2. The molecule has 0 radical (unpaired) electrons. The summed E-state index contributed by atoms with van der Waals surface area (Å²) >= 11 is 12.0. The lowest BCUT2D eigenvalue weighted by molar-refractivity contribution is 0.175. The van der Waals surface area contributed by atoms with Crippen molar-refractivity contribution >= 4 is 39.9 Å². The summed E-state index contributed by atoms with van der Waals surface area (Å²) < 4.78 is 28.7. The maximum absolute atomic E-state index is 14.8. The first-order chi connectivity index (χ1) is 15.3. The second-order valence-electron chi connectivity index (χ2n) is 6.94. The van der Waals surface area contributed by atoms with Crippen molar-refractivity contribution in [2.45, 2.75) is 26.6 Å². The minimum absolute atomic E-state index is 0.0458. The molecule has 2 N–H and O–H groups in total. The number of anilines is 1. The Hall–Kier alpha value is -3.18. The number of fused-ring (bicyclic) bond motifs is 1. The third-order valence-corrected chi connectivity index (χ3v) is 5.22. The Kier molecular flexibility index (Phi) is 6.02. The molecule has 0 aliphatic heterocycles. The Morgan fingerprint density at radius 3 is 2.69 bits per heavy atom. The van der Waals surface area contributed by atoms with Crippen LogP contribution in [0.15, 0.2) is 18.6 Å². The lowest BCUT2D eigenvalue weighted by Gasteiger charge is -2.11. The molecule has 0 unspecified atom stereocenters. The third kappa shape index (κ3) is 4.13. The zero-order valence-electron chi connectivity index (χ0n) is 17.4. The summed E-state index contributed by atoms with van der Waals surface area (Å²) in [5.74, 6) is 0.966. The number of aryl methyl sites for hydroxylation is 1. The molecule has 4 heterocycles. The Labute approximate surface area is 192 Å². The predicted octanol–water partition coefficient (Wildman–Crippen LogP) is 3.34. The van der Waals surface area contributed by atoms with Crippen LogP contribution in [0.25, 0.3) is 16.7 Å². The van der Waals surface area contributed by atoms with Crippen LogP contribution in [-0.4, -0.2) is 54.2 Å². The summed E-state index contributed by atoms with van der Waals surface area (Å²) in [5, 5.41) is 5.37. The summed E-state index contributed by atoms with van der Waals surface area (Å²) in [6.45, 7) is 3.14. The van der Waals surface area contributed by atoms with Crippen LogP contribution in [0.2, 0.25) is 10.3 Å². The monoisotopic (exact) mass is 480 g/mol. The van der Waals surface area contributed by atoms with E-state index < -0.39 is 6.17 Å². The SMILES string of the molecule is COc1nc(C)ncc1-n1nc(OC[C@H](F)Cn2cc(Cl)c3cnc(Cl)nc32)c(N)c1C. The van der Waals surface area contributed by atoms with Gasteiger partial charge in [0.05, 0.1) is 36.0 Å². The Balaban J connectivity index is 1.51. The van der Waals surface area contributed by atoms with Crippen LogP contribution in [0.4, 0.5) is 10.1 Å². The molecular weight excluding hydrogens is 462 g/mol. The number of aromatic nitrogens is 7. The van der Waals surface area contributed by atoms with Gasteiger partial charge < -0.3 is 19.8 Å². The highest BCUT2D eigenvalue weighted by atomic mass is 35.5. The first kappa shape index (κ1) is 22.0. The van der Waals surface area contributed by atoms with E-state index in [0.717, 1.165) is 0 Å². The number of rotatable bonds is 7. The molecule has 0 aliphatic rings. The minimum atomic E-state index is -1.41. The van der Waals surface area contributed by atoms with Crippen LogP contribution in [0.1, 0.15) is 11.5 Å². The van der Waals surface area contributed by atoms with E-state index in [-0.39, 0.29) is 30.0 Å². The number of nitrogen functional groups attached to an aromatic ring is 1. The maximum atomic E-state index is 14.8. The van der Waals surface area contributed by atoms with Crippen molar-refractivity contribution < 1.29 is 13.9 Å². The van der Waals surface area contributed by atoms with Crippen molar-refractivity contribution in [1.29, 1.82) is 0 Å². The van der Waals surface area contributed by atoms with Crippen molar-refractivity contribution in [3.05, 3.63) is 40.4 Å². The van der Waals surface area contributed by atoms with Crippen LogP contribution in [0.3, 0.4) is 0 Å². The Morgan fingerprint density at radius 2 is 1.94 bits per heavy atom. The van der Waals surface area contributed by atoms with Gasteiger partial charge in [0, 0.05) is 12.4 Å². The topological polar surface area (TPSA) is 119 Å².